The van der Waals surface area contributed by atoms with Crippen LogP contribution in [0.15, 0.2) is 66.0 Å². The summed E-state index contributed by atoms with van der Waals surface area (Å²) in [5.41, 5.74) is 1.82. The summed E-state index contributed by atoms with van der Waals surface area (Å²) in [5.74, 6) is 1.23. The zero-order valence-electron chi connectivity index (χ0n) is 19.3. The largest absolute Gasteiger partial charge is 0.497 e. The molecule has 3 aromatic carbocycles. The molecule has 4 rings (SSSR count). The van der Waals surface area contributed by atoms with E-state index in [9.17, 15) is 9.18 Å². The second-order valence-electron chi connectivity index (χ2n) is 7.34. The number of aromatic nitrogens is 1. The second-order valence-corrected chi connectivity index (χ2v) is 8.20. The highest BCUT2D eigenvalue weighted by Crippen LogP contribution is 2.32. The van der Waals surface area contributed by atoms with Crippen molar-refractivity contribution in [1.82, 2.24) is 4.98 Å². The summed E-state index contributed by atoms with van der Waals surface area (Å²) < 4.78 is 36.2. The van der Waals surface area contributed by atoms with Crippen LogP contribution in [-0.2, 0) is 6.61 Å². The molecule has 0 unspecified atom stereocenters. The first kappa shape index (κ1) is 24.0. The van der Waals surface area contributed by atoms with Crippen LogP contribution in [0.25, 0.3) is 10.6 Å². The van der Waals surface area contributed by atoms with Crippen LogP contribution in [0, 0.1) is 5.82 Å². The first-order valence-electron chi connectivity index (χ1n) is 10.5. The van der Waals surface area contributed by atoms with Gasteiger partial charge in [-0.25, -0.2) is 9.37 Å². The summed E-state index contributed by atoms with van der Waals surface area (Å²) in [4.78, 5) is 17.0. The molecule has 0 fully saturated rings. The summed E-state index contributed by atoms with van der Waals surface area (Å²) in [7, 11) is 4.64. The number of rotatable bonds is 9. The third-order valence-corrected chi connectivity index (χ3v) is 5.98. The van der Waals surface area contributed by atoms with Crippen molar-refractivity contribution >= 4 is 22.9 Å². The van der Waals surface area contributed by atoms with E-state index >= 15 is 0 Å². The van der Waals surface area contributed by atoms with Crippen molar-refractivity contribution < 1.29 is 28.1 Å². The summed E-state index contributed by atoms with van der Waals surface area (Å²) in [5, 5.41) is 4.72. The maximum Gasteiger partial charge on any atom is 0.275 e. The van der Waals surface area contributed by atoms with Crippen LogP contribution in [0.1, 0.15) is 16.1 Å². The molecular weight excluding hydrogens is 471 g/mol. The molecule has 0 aliphatic heterocycles. The molecular formula is C26H23FN2O5S. The fourth-order valence-electron chi connectivity index (χ4n) is 3.28. The van der Waals surface area contributed by atoms with Gasteiger partial charge in [-0.2, -0.15) is 0 Å². The lowest BCUT2D eigenvalue weighted by molar-refractivity contribution is 0.102. The van der Waals surface area contributed by atoms with Crippen molar-refractivity contribution in [2.24, 2.45) is 0 Å². The Morgan fingerprint density at radius 1 is 0.943 bits per heavy atom. The van der Waals surface area contributed by atoms with E-state index in [-0.39, 0.29) is 17.9 Å². The molecule has 4 aromatic rings. The van der Waals surface area contributed by atoms with Gasteiger partial charge in [0.1, 0.15) is 46.1 Å². The fourth-order valence-corrected chi connectivity index (χ4v) is 4.10. The van der Waals surface area contributed by atoms with Crippen LogP contribution < -0.4 is 24.3 Å². The zero-order valence-corrected chi connectivity index (χ0v) is 20.1. The minimum Gasteiger partial charge on any atom is -0.497 e. The topological polar surface area (TPSA) is 78.9 Å². The molecule has 0 bridgehead atoms. The quantitative estimate of drug-likeness (QED) is 0.317. The maximum atomic E-state index is 14.8. The van der Waals surface area contributed by atoms with Crippen molar-refractivity contribution in [2.45, 2.75) is 6.61 Å². The monoisotopic (exact) mass is 494 g/mol. The highest BCUT2D eigenvalue weighted by molar-refractivity contribution is 7.13. The van der Waals surface area contributed by atoms with Gasteiger partial charge < -0.3 is 24.3 Å². The number of amides is 1. The number of hydrogen-bond donors (Lipinski definition) is 1. The molecule has 7 nitrogen and oxygen atoms in total. The average Bonchev–Trinajstić information content (AvgIpc) is 3.38. The van der Waals surface area contributed by atoms with Gasteiger partial charge in [-0.3, -0.25) is 4.79 Å². The number of thiazole rings is 1. The third-order valence-electron chi connectivity index (χ3n) is 5.10. The standard InChI is InChI=1S/C26H23FN2O5S/c1-31-17-6-4-5-16(11-17)14-34-19-7-9-20(21(27)12-19)26-29-23(15-35-26)25(30)28-22-10-8-18(32-2)13-24(22)33-3/h4-13,15H,14H2,1-3H3,(H,28,30). The highest BCUT2D eigenvalue weighted by Gasteiger charge is 2.17. The van der Waals surface area contributed by atoms with Gasteiger partial charge in [-0.1, -0.05) is 12.1 Å². The van der Waals surface area contributed by atoms with Crippen molar-refractivity contribution in [3.63, 3.8) is 0 Å². The van der Waals surface area contributed by atoms with Gasteiger partial charge in [0.15, 0.2) is 0 Å². The number of benzene rings is 3. The molecule has 0 aliphatic rings. The van der Waals surface area contributed by atoms with Crippen molar-refractivity contribution in [3.8, 4) is 33.6 Å². The molecule has 0 saturated carbocycles. The lowest BCUT2D eigenvalue weighted by Crippen LogP contribution is -2.13. The van der Waals surface area contributed by atoms with Gasteiger partial charge in [0.2, 0.25) is 0 Å². The maximum absolute atomic E-state index is 14.8. The Labute approximate surface area is 206 Å². The number of carbonyl (C=O) groups is 1. The summed E-state index contributed by atoms with van der Waals surface area (Å²) in [6.07, 6.45) is 0. The predicted molar refractivity (Wildman–Crippen MR) is 132 cm³/mol. The van der Waals surface area contributed by atoms with Crippen LogP contribution in [0.5, 0.6) is 23.0 Å². The smallest absolute Gasteiger partial charge is 0.275 e. The first-order chi connectivity index (χ1) is 17.0. The number of nitrogens with zero attached hydrogens (tertiary/aromatic N) is 1. The van der Waals surface area contributed by atoms with Crippen molar-refractivity contribution in [1.29, 1.82) is 0 Å². The molecule has 1 amide bonds. The number of methoxy groups -OCH3 is 3. The number of carbonyl (C=O) groups excluding carboxylic acids is 1. The van der Waals surface area contributed by atoms with Gasteiger partial charge in [0.05, 0.1) is 27.0 Å². The van der Waals surface area contributed by atoms with Crippen LogP contribution in [0.2, 0.25) is 0 Å². The number of halogens is 1. The van der Waals surface area contributed by atoms with Crippen LogP contribution in [0.4, 0.5) is 10.1 Å². The van der Waals surface area contributed by atoms with Gasteiger partial charge in [0.25, 0.3) is 5.91 Å². The summed E-state index contributed by atoms with van der Waals surface area (Å²) in [6, 6.07) is 17.1. The molecule has 1 heterocycles. The molecule has 1 aromatic heterocycles. The Kier molecular flexibility index (Phi) is 7.47. The lowest BCUT2D eigenvalue weighted by Gasteiger charge is -2.10. The molecule has 0 atom stereocenters. The Balaban J connectivity index is 1.44. The van der Waals surface area contributed by atoms with Crippen LogP contribution in [-0.4, -0.2) is 32.2 Å². The second kappa shape index (κ2) is 10.9. The van der Waals surface area contributed by atoms with E-state index in [1.165, 1.54) is 24.5 Å². The number of anilines is 1. The van der Waals surface area contributed by atoms with Crippen molar-refractivity contribution in [3.05, 3.63) is 83.1 Å². The molecule has 35 heavy (non-hydrogen) atoms. The third kappa shape index (κ3) is 5.70. The first-order valence-corrected chi connectivity index (χ1v) is 11.4. The molecule has 1 N–H and O–H groups in total. The van der Waals surface area contributed by atoms with E-state index in [0.717, 1.165) is 11.3 Å². The average molecular weight is 495 g/mol. The van der Waals surface area contributed by atoms with Gasteiger partial charge >= 0.3 is 0 Å². The lowest BCUT2D eigenvalue weighted by atomic mass is 10.2. The van der Waals surface area contributed by atoms with E-state index in [0.29, 0.717) is 27.9 Å². The number of hydrogen-bond acceptors (Lipinski definition) is 7. The summed E-state index contributed by atoms with van der Waals surface area (Å²) in [6.45, 7) is 0.270. The van der Waals surface area contributed by atoms with E-state index in [4.69, 9.17) is 18.9 Å². The fraction of sp³-hybridized carbons (Fsp3) is 0.154. The molecule has 0 spiro atoms. The molecule has 0 radical (unpaired) electrons. The zero-order chi connectivity index (χ0) is 24.8. The Morgan fingerprint density at radius 2 is 1.71 bits per heavy atom. The molecule has 9 heteroatoms. The minimum atomic E-state index is -0.494. The predicted octanol–water partition coefficient (Wildman–Crippen LogP) is 5.81. The molecule has 0 aliphatic carbocycles. The van der Waals surface area contributed by atoms with Crippen LogP contribution in [0.3, 0.4) is 0 Å². The van der Waals surface area contributed by atoms with E-state index in [1.54, 1.807) is 49.9 Å². The van der Waals surface area contributed by atoms with E-state index in [2.05, 4.69) is 10.3 Å². The Hall–Kier alpha value is -4.11. The van der Waals surface area contributed by atoms with Gasteiger partial charge in [-0.15, -0.1) is 11.3 Å². The van der Waals surface area contributed by atoms with Crippen LogP contribution >= 0.6 is 11.3 Å². The van der Waals surface area contributed by atoms with Gasteiger partial charge in [-0.05, 0) is 42.0 Å². The number of ether oxygens (including phenoxy) is 4. The molecule has 180 valence electrons. The normalized spacial score (nSPS) is 10.5. The Morgan fingerprint density at radius 3 is 2.46 bits per heavy atom. The minimum absolute atomic E-state index is 0.167. The highest BCUT2D eigenvalue weighted by atomic mass is 32.1. The van der Waals surface area contributed by atoms with E-state index < -0.39 is 11.7 Å². The SMILES string of the molecule is COc1cccc(COc2ccc(-c3nc(C(=O)Nc4ccc(OC)cc4OC)cs3)c(F)c2)c1. The van der Waals surface area contributed by atoms with E-state index in [1.807, 2.05) is 24.3 Å². The summed E-state index contributed by atoms with van der Waals surface area (Å²) >= 11 is 1.17. The molecule has 0 saturated heterocycles. The Bertz CT molecular complexity index is 1340. The van der Waals surface area contributed by atoms with Crippen molar-refractivity contribution in [2.75, 3.05) is 26.6 Å². The number of nitrogens with one attached hydrogen (secondary N) is 1. The van der Waals surface area contributed by atoms with Gasteiger partial charge in [0, 0.05) is 23.1 Å².